The van der Waals surface area contributed by atoms with Gasteiger partial charge in [-0.05, 0) is 25.7 Å². The first-order valence-electron chi connectivity index (χ1n) is 7.09. The highest BCUT2D eigenvalue weighted by atomic mass is 16.5. The van der Waals surface area contributed by atoms with Crippen molar-refractivity contribution < 1.29 is 14.6 Å². The molecule has 3 rings (SSSR count). The van der Waals surface area contributed by atoms with Gasteiger partial charge in [-0.15, -0.1) is 0 Å². The maximum absolute atomic E-state index is 11.7. The number of aromatic nitrogens is 2. The van der Waals surface area contributed by atoms with Crippen LogP contribution in [0, 0.1) is 11.3 Å². The molecule has 1 saturated carbocycles. The van der Waals surface area contributed by atoms with E-state index in [1.807, 2.05) is 11.8 Å². The largest absolute Gasteiger partial charge is 0.481 e. The minimum Gasteiger partial charge on any atom is -0.481 e. The van der Waals surface area contributed by atoms with Crippen molar-refractivity contribution in [1.82, 2.24) is 9.97 Å². The first kappa shape index (κ1) is 13.1. The van der Waals surface area contributed by atoms with Crippen LogP contribution in [0.2, 0.25) is 0 Å². The van der Waals surface area contributed by atoms with Gasteiger partial charge in [0.2, 0.25) is 5.88 Å². The molecule has 6 nitrogen and oxygen atoms in total. The molecule has 1 N–H and O–H groups in total. The van der Waals surface area contributed by atoms with Crippen LogP contribution in [0.25, 0.3) is 0 Å². The van der Waals surface area contributed by atoms with Crippen molar-refractivity contribution in [3.63, 3.8) is 0 Å². The van der Waals surface area contributed by atoms with E-state index in [1.54, 1.807) is 12.4 Å². The number of fused-ring (bicyclic) bond motifs is 1. The molecule has 1 aliphatic carbocycles. The lowest BCUT2D eigenvalue weighted by Crippen LogP contribution is -2.35. The second kappa shape index (κ2) is 4.92. The third kappa shape index (κ3) is 1.99. The van der Waals surface area contributed by atoms with Crippen LogP contribution in [-0.2, 0) is 4.79 Å². The van der Waals surface area contributed by atoms with E-state index in [9.17, 15) is 9.90 Å². The molecule has 2 atom stereocenters. The average Bonchev–Trinajstić information content (AvgIpc) is 2.97. The minimum atomic E-state index is -0.670. The first-order valence-corrected chi connectivity index (χ1v) is 7.09. The molecular formula is C14H19N3O3. The van der Waals surface area contributed by atoms with Crippen molar-refractivity contribution in [2.45, 2.75) is 26.2 Å². The molecule has 0 amide bonds. The highest BCUT2D eigenvalue weighted by molar-refractivity contribution is 5.77. The zero-order valence-corrected chi connectivity index (χ0v) is 11.6. The number of ether oxygens (including phenoxy) is 1. The smallest absolute Gasteiger partial charge is 0.311 e. The number of anilines is 1. The second-order valence-electron chi connectivity index (χ2n) is 5.58. The molecule has 1 aromatic rings. The molecule has 108 valence electrons. The van der Waals surface area contributed by atoms with Crippen LogP contribution in [0.15, 0.2) is 12.4 Å². The van der Waals surface area contributed by atoms with Gasteiger partial charge in [-0.2, -0.15) is 4.98 Å². The molecule has 6 heteroatoms. The van der Waals surface area contributed by atoms with Gasteiger partial charge >= 0.3 is 5.97 Å². The van der Waals surface area contributed by atoms with Crippen LogP contribution in [0.5, 0.6) is 5.88 Å². The molecule has 0 radical (unpaired) electrons. The molecule has 2 fully saturated rings. The SMILES string of the molecule is CCOc1cncc(N2C[C@@H]3CCC[C@@]3(C(=O)O)C2)n1. The van der Waals surface area contributed by atoms with Crippen LogP contribution in [-0.4, -0.2) is 40.7 Å². The summed E-state index contributed by atoms with van der Waals surface area (Å²) in [5.41, 5.74) is -0.594. The van der Waals surface area contributed by atoms with Crippen LogP contribution in [0.4, 0.5) is 5.82 Å². The van der Waals surface area contributed by atoms with Crippen LogP contribution < -0.4 is 9.64 Å². The molecule has 2 heterocycles. The molecule has 20 heavy (non-hydrogen) atoms. The number of hydrogen-bond acceptors (Lipinski definition) is 5. The Labute approximate surface area is 117 Å². The Morgan fingerprint density at radius 2 is 2.45 bits per heavy atom. The Balaban J connectivity index is 1.83. The fourth-order valence-corrected chi connectivity index (χ4v) is 3.52. The van der Waals surface area contributed by atoms with Crippen LogP contribution >= 0.6 is 0 Å². The number of rotatable bonds is 4. The topological polar surface area (TPSA) is 75.5 Å². The summed E-state index contributed by atoms with van der Waals surface area (Å²) >= 11 is 0. The minimum absolute atomic E-state index is 0.220. The number of aliphatic carboxylic acids is 1. The van der Waals surface area contributed by atoms with Gasteiger partial charge < -0.3 is 14.7 Å². The number of hydrogen-bond donors (Lipinski definition) is 1. The molecule has 1 aliphatic heterocycles. The Morgan fingerprint density at radius 1 is 1.60 bits per heavy atom. The fraction of sp³-hybridized carbons (Fsp3) is 0.643. The van der Waals surface area contributed by atoms with Crippen molar-refractivity contribution in [1.29, 1.82) is 0 Å². The Bertz CT molecular complexity index is 522. The van der Waals surface area contributed by atoms with E-state index in [-0.39, 0.29) is 5.92 Å². The zero-order valence-electron chi connectivity index (χ0n) is 11.6. The first-order chi connectivity index (χ1) is 9.65. The van der Waals surface area contributed by atoms with Crippen molar-refractivity contribution in [2.75, 3.05) is 24.6 Å². The van der Waals surface area contributed by atoms with Crippen molar-refractivity contribution in [3.8, 4) is 5.88 Å². The average molecular weight is 277 g/mol. The molecular weight excluding hydrogens is 258 g/mol. The van der Waals surface area contributed by atoms with Crippen molar-refractivity contribution in [2.24, 2.45) is 11.3 Å². The third-order valence-corrected chi connectivity index (χ3v) is 4.51. The van der Waals surface area contributed by atoms with Gasteiger partial charge in [0, 0.05) is 13.1 Å². The lowest BCUT2D eigenvalue weighted by atomic mass is 9.81. The van der Waals surface area contributed by atoms with Gasteiger partial charge in [-0.1, -0.05) is 6.42 Å². The van der Waals surface area contributed by atoms with Crippen LogP contribution in [0.3, 0.4) is 0 Å². The highest BCUT2D eigenvalue weighted by Crippen LogP contribution is 2.49. The lowest BCUT2D eigenvalue weighted by molar-refractivity contribution is -0.149. The summed E-state index contributed by atoms with van der Waals surface area (Å²) < 4.78 is 5.36. The maximum atomic E-state index is 11.7. The number of carboxylic acid groups (broad SMARTS) is 1. The maximum Gasteiger partial charge on any atom is 0.311 e. The monoisotopic (exact) mass is 277 g/mol. The van der Waals surface area contributed by atoms with Gasteiger partial charge in [0.1, 0.15) is 0 Å². The number of carbonyl (C=O) groups is 1. The summed E-state index contributed by atoms with van der Waals surface area (Å²) in [6.45, 7) is 3.71. The predicted molar refractivity (Wildman–Crippen MR) is 72.8 cm³/mol. The Morgan fingerprint density at radius 3 is 3.15 bits per heavy atom. The van der Waals surface area contributed by atoms with E-state index in [0.717, 1.165) is 25.8 Å². The van der Waals surface area contributed by atoms with E-state index in [1.165, 1.54) is 0 Å². The molecule has 0 bridgehead atoms. The lowest BCUT2D eigenvalue weighted by Gasteiger charge is -2.23. The summed E-state index contributed by atoms with van der Waals surface area (Å²) in [4.78, 5) is 22.2. The predicted octanol–water partition coefficient (Wildman–Crippen LogP) is 1.57. The molecule has 0 unspecified atom stereocenters. The molecule has 1 saturated heterocycles. The quantitative estimate of drug-likeness (QED) is 0.900. The normalized spacial score (nSPS) is 28.4. The summed E-state index contributed by atoms with van der Waals surface area (Å²) in [6, 6.07) is 0. The fourth-order valence-electron chi connectivity index (χ4n) is 3.52. The summed E-state index contributed by atoms with van der Waals surface area (Å²) in [6.07, 6.45) is 6.02. The van der Waals surface area contributed by atoms with Gasteiger partial charge in [0.15, 0.2) is 5.82 Å². The Hall–Kier alpha value is -1.85. The van der Waals surface area contributed by atoms with E-state index < -0.39 is 11.4 Å². The van der Waals surface area contributed by atoms with Crippen LogP contribution in [0.1, 0.15) is 26.2 Å². The molecule has 2 aliphatic rings. The number of nitrogens with zero attached hydrogens (tertiary/aromatic N) is 3. The van der Waals surface area contributed by atoms with Gasteiger partial charge in [0.05, 0.1) is 24.4 Å². The third-order valence-electron chi connectivity index (χ3n) is 4.51. The highest BCUT2D eigenvalue weighted by Gasteiger charge is 2.55. The van der Waals surface area contributed by atoms with Gasteiger partial charge in [-0.3, -0.25) is 9.78 Å². The molecule has 0 spiro atoms. The van der Waals surface area contributed by atoms with Crippen molar-refractivity contribution in [3.05, 3.63) is 12.4 Å². The molecule has 1 aromatic heterocycles. The van der Waals surface area contributed by atoms with E-state index >= 15 is 0 Å². The van der Waals surface area contributed by atoms with E-state index in [4.69, 9.17) is 4.74 Å². The molecule has 0 aromatic carbocycles. The summed E-state index contributed by atoms with van der Waals surface area (Å²) in [5, 5.41) is 9.59. The van der Waals surface area contributed by atoms with Gasteiger partial charge in [0.25, 0.3) is 0 Å². The van der Waals surface area contributed by atoms with Crippen molar-refractivity contribution >= 4 is 11.8 Å². The zero-order chi connectivity index (χ0) is 14.2. The van der Waals surface area contributed by atoms with E-state index in [0.29, 0.717) is 24.8 Å². The summed E-state index contributed by atoms with van der Waals surface area (Å²) in [5.74, 6) is 0.756. The summed E-state index contributed by atoms with van der Waals surface area (Å²) in [7, 11) is 0. The van der Waals surface area contributed by atoms with E-state index in [2.05, 4.69) is 9.97 Å². The Kier molecular flexibility index (Phi) is 3.23. The second-order valence-corrected chi connectivity index (χ2v) is 5.58. The van der Waals surface area contributed by atoms with Gasteiger partial charge in [-0.25, -0.2) is 0 Å². The number of carboxylic acids is 1. The standard InChI is InChI=1S/C14H19N3O3/c1-2-20-12-7-15-6-11(16-12)17-8-10-4-3-5-14(10,9-17)13(18)19/h6-7,10H,2-5,8-9H2,1H3,(H,18,19)/t10-,14+/m0/s1.